The van der Waals surface area contributed by atoms with Gasteiger partial charge in [-0.25, -0.2) is 4.98 Å². The predicted molar refractivity (Wildman–Crippen MR) is 107 cm³/mol. The van der Waals surface area contributed by atoms with E-state index in [1.165, 1.54) is 11.1 Å². The van der Waals surface area contributed by atoms with E-state index >= 15 is 0 Å². The number of carbonyl (C=O) groups is 1. The highest BCUT2D eigenvalue weighted by Crippen LogP contribution is 2.12. The normalized spacial score (nSPS) is 10.7. The molecule has 0 bridgehead atoms. The van der Waals surface area contributed by atoms with Crippen LogP contribution < -0.4 is 5.32 Å². The third-order valence-corrected chi connectivity index (χ3v) is 5.09. The summed E-state index contributed by atoms with van der Waals surface area (Å²) >= 11 is 1.83. The fourth-order valence-electron chi connectivity index (χ4n) is 2.57. The van der Waals surface area contributed by atoms with Crippen LogP contribution in [0.3, 0.4) is 0 Å². The zero-order valence-electron chi connectivity index (χ0n) is 14.9. The zero-order valence-corrected chi connectivity index (χ0v) is 15.7. The van der Waals surface area contributed by atoms with Gasteiger partial charge in [0.2, 0.25) is 0 Å². The van der Waals surface area contributed by atoms with Gasteiger partial charge >= 0.3 is 0 Å². The average Bonchev–Trinajstić information content (AvgIpc) is 3.16. The molecule has 0 radical (unpaired) electrons. The van der Waals surface area contributed by atoms with Gasteiger partial charge in [0.15, 0.2) is 0 Å². The van der Waals surface area contributed by atoms with Gasteiger partial charge in [-0.1, -0.05) is 42.0 Å². The molecule has 0 saturated heterocycles. The number of hydrogen-bond donors (Lipinski definition) is 1. The van der Waals surface area contributed by atoms with Gasteiger partial charge in [-0.3, -0.25) is 4.79 Å². The summed E-state index contributed by atoms with van der Waals surface area (Å²) in [6, 6.07) is 16.3. The van der Waals surface area contributed by atoms with Crippen LogP contribution in [0.1, 0.15) is 27.0 Å². The van der Waals surface area contributed by atoms with E-state index in [-0.39, 0.29) is 5.91 Å². The zero-order chi connectivity index (χ0) is 18.2. The van der Waals surface area contributed by atoms with Crippen LogP contribution in [0.15, 0.2) is 67.3 Å². The highest BCUT2D eigenvalue weighted by molar-refractivity contribution is 7.98. The molecule has 134 valence electrons. The number of imidazole rings is 1. The summed E-state index contributed by atoms with van der Waals surface area (Å²) in [6.07, 6.45) is 5.47. The molecule has 5 heteroatoms. The fraction of sp³-hybridized carbons (Fsp3) is 0.238. The van der Waals surface area contributed by atoms with Crippen molar-refractivity contribution in [2.75, 3.05) is 12.3 Å². The van der Waals surface area contributed by atoms with Crippen molar-refractivity contribution in [3.8, 4) is 0 Å². The number of nitrogens with zero attached hydrogens (tertiary/aromatic N) is 2. The average molecular weight is 366 g/mol. The van der Waals surface area contributed by atoms with Crippen LogP contribution in [-0.2, 0) is 12.3 Å². The van der Waals surface area contributed by atoms with Crippen molar-refractivity contribution in [2.24, 2.45) is 0 Å². The van der Waals surface area contributed by atoms with Gasteiger partial charge in [0.25, 0.3) is 5.91 Å². The Hall–Kier alpha value is -2.53. The lowest BCUT2D eigenvalue weighted by Gasteiger charge is -2.07. The Kier molecular flexibility index (Phi) is 6.50. The van der Waals surface area contributed by atoms with Crippen molar-refractivity contribution in [1.29, 1.82) is 0 Å². The van der Waals surface area contributed by atoms with E-state index < -0.39 is 0 Å². The number of benzene rings is 2. The van der Waals surface area contributed by atoms with E-state index in [1.54, 1.807) is 12.5 Å². The predicted octanol–water partition coefficient (Wildman–Crippen LogP) is 3.90. The topological polar surface area (TPSA) is 46.9 Å². The van der Waals surface area contributed by atoms with E-state index in [9.17, 15) is 4.79 Å². The molecule has 1 heterocycles. The Balaban J connectivity index is 1.38. The Bertz CT molecular complexity index is 811. The van der Waals surface area contributed by atoms with Gasteiger partial charge in [-0.2, -0.15) is 11.8 Å². The quantitative estimate of drug-likeness (QED) is 0.616. The number of rotatable bonds is 8. The van der Waals surface area contributed by atoms with Gasteiger partial charge in [-0.05, 0) is 30.2 Å². The maximum absolute atomic E-state index is 12.2. The Labute approximate surface area is 158 Å². The third-order valence-electron chi connectivity index (χ3n) is 4.06. The van der Waals surface area contributed by atoms with Crippen molar-refractivity contribution in [2.45, 2.75) is 19.2 Å². The summed E-state index contributed by atoms with van der Waals surface area (Å²) in [5.41, 5.74) is 4.44. The van der Waals surface area contributed by atoms with Crippen LogP contribution in [-0.4, -0.2) is 27.8 Å². The molecule has 0 spiro atoms. The molecule has 4 nitrogen and oxygen atoms in total. The molecule has 2 aromatic carbocycles. The van der Waals surface area contributed by atoms with E-state index in [1.807, 2.05) is 46.8 Å². The van der Waals surface area contributed by atoms with E-state index in [0.717, 1.165) is 23.6 Å². The number of aryl methyl sites for hydroxylation is 1. The molecule has 1 aromatic heterocycles. The summed E-state index contributed by atoms with van der Waals surface area (Å²) in [4.78, 5) is 16.2. The number of carbonyl (C=O) groups excluding carboxylic acids is 1. The molecule has 3 rings (SSSR count). The molecule has 0 unspecified atom stereocenters. The summed E-state index contributed by atoms with van der Waals surface area (Å²) in [5.74, 6) is 1.85. The summed E-state index contributed by atoms with van der Waals surface area (Å²) in [5, 5.41) is 2.98. The molecule has 0 aliphatic heterocycles. The second-order valence-electron chi connectivity index (χ2n) is 6.23. The number of hydrogen-bond acceptors (Lipinski definition) is 3. The minimum Gasteiger partial charge on any atom is -0.351 e. The van der Waals surface area contributed by atoms with Gasteiger partial charge < -0.3 is 9.88 Å². The van der Waals surface area contributed by atoms with Crippen molar-refractivity contribution in [3.05, 3.63) is 89.5 Å². The number of aromatic nitrogens is 2. The Morgan fingerprint density at radius 1 is 1.08 bits per heavy atom. The first-order valence-corrected chi connectivity index (χ1v) is 9.82. The molecule has 1 amide bonds. The number of amides is 1. The molecule has 0 aliphatic carbocycles. The Morgan fingerprint density at radius 2 is 1.81 bits per heavy atom. The smallest absolute Gasteiger partial charge is 0.251 e. The first kappa shape index (κ1) is 18.3. The van der Waals surface area contributed by atoms with E-state index in [2.05, 4.69) is 41.5 Å². The Morgan fingerprint density at radius 3 is 2.50 bits per heavy atom. The largest absolute Gasteiger partial charge is 0.351 e. The van der Waals surface area contributed by atoms with Crippen LogP contribution in [0, 0.1) is 6.92 Å². The van der Waals surface area contributed by atoms with E-state index in [0.29, 0.717) is 12.1 Å². The number of nitrogens with one attached hydrogen (secondary N) is 1. The fourth-order valence-corrected chi connectivity index (χ4v) is 3.38. The van der Waals surface area contributed by atoms with Gasteiger partial charge in [0, 0.05) is 42.6 Å². The lowest BCUT2D eigenvalue weighted by molar-refractivity contribution is 0.0956. The second kappa shape index (κ2) is 9.25. The molecule has 3 aromatic rings. The molecule has 26 heavy (non-hydrogen) atoms. The van der Waals surface area contributed by atoms with Gasteiger partial charge in [0.05, 0.1) is 6.33 Å². The molecular formula is C21H23N3OS. The summed E-state index contributed by atoms with van der Waals surface area (Å²) < 4.78 is 2.00. The molecule has 0 saturated carbocycles. The monoisotopic (exact) mass is 365 g/mol. The van der Waals surface area contributed by atoms with Crippen LogP contribution in [0.4, 0.5) is 0 Å². The van der Waals surface area contributed by atoms with Crippen molar-refractivity contribution >= 4 is 17.7 Å². The molecule has 1 N–H and O–H groups in total. The lowest BCUT2D eigenvalue weighted by atomic mass is 10.1. The van der Waals surface area contributed by atoms with Crippen LogP contribution in [0.5, 0.6) is 0 Å². The van der Waals surface area contributed by atoms with Gasteiger partial charge in [0.1, 0.15) is 0 Å². The highest BCUT2D eigenvalue weighted by atomic mass is 32.2. The molecule has 0 aliphatic rings. The van der Waals surface area contributed by atoms with Crippen molar-refractivity contribution < 1.29 is 4.79 Å². The summed E-state index contributed by atoms with van der Waals surface area (Å²) in [6.45, 7) is 3.53. The first-order chi connectivity index (χ1) is 12.7. The number of thioether (sulfide) groups is 1. The molecule has 0 fully saturated rings. The SMILES string of the molecule is Cc1ccc(CSCCNC(=O)c2ccc(Cn3ccnc3)cc2)cc1. The summed E-state index contributed by atoms with van der Waals surface area (Å²) in [7, 11) is 0. The molecule has 0 atom stereocenters. The highest BCUT2D eigenvalue weighted by Gasteiger charge is 2.05. The minimum absolute atomic E-state index is 0.0184. The van der Waals surface area contributed by atoms with Crippen LogP contribution >= 0.6 is 11.8 Å². The first-order valence-electron chi connectivity index (χ1n) is 8.67. The van der Waals surface area contributed by atoms with Crippen molar-refractivity contribution in [1.82, 2.24) is 14.9 Å². The van der Waals surface area contributed by atoms with Crippen LogP contribution in [0.2, 0.25) is 0 Å². The maximum Gasteiger partial charge on any atom is 0.251 e. The van der Waals surface area contributed by atoms with E-state index in [4.69, 9.17) is 0 Å². The second-order valence-corrected chi connectivity index (χ2v) is 7.33. The van der Waals surface area contributed by atoms with Crippen molar-refractivity contribution in [3.63, 3.8) is 0 Å². The molecular weight excluding hydrogens is 342 g/mol. The lowest BCUT2D eigenvalue weighted by Crippen LogP contribution is -2.25. The standard InChI is InChI=1S/C21H23N3OS/c1-17-2-4-19(5-3-17)15-26-13-11-23-21(25)20-8-6-18(7-9-20)14-24-12-10-22-16-24/h2-10,12,16H,11,13-15H2,1H3,(H,23,25). The van der Waals surface area contributed by atoms with Crippen LogP contribution in [0.25, 0.3) is 0 Å². The van der Waals surface area contributed by atoms with Gasteiger partial charge in [-0.15, -0.1) is 0 Å². The maximum atomic E-state index is 12.2. The third kappa shape index (κ3) is 5.49. The minimum atomic E-state index is -0.0184.